The van der Waals surface area contributed by atoms with E-state index in [2.05, 4.69) is 5.48 Å². The highest BCUT2D eigenvalue weighted by molar-refractivity contribution is 6.32. The molecule has 0 radical (unpaired) electrons. The van der Waals surface area contributed by atoms with Crippen LogP contribution in [0.5, 0.6) is 5.75 Å². The van der Waals surface area contributed by atoms with Crippen molar-refractivity contribution in [2.45, 2.75) is 6.54 Å². The van der Waals surface area contributed by atoms with E-state index in [0.717, 1.165) is 5.56 Å². The van der Waals surface area contributed by atoms with E-state index in [0.29, 0.717) is 17.3 Å². The fraction of sp³-hybridized carbons (Fsp3) is 0.333. The van der Waals surface area contributed by atoms with Crippen LogP contribution in [0.2, 0.25) is 5.02 Å². The molecule has 1 N–H and O–H groups in total. The number of hydrogen-bond acceptors (Lipinski definition) is 3. The largest absolute Gasteiger partial charge is 0.495 e. The third kappa shape index (κ3) is 2.59. The van der Waals surface area contributed by atoms with Gasteiger partial charge >= 0.3 is 0 Å². The smallest absolute Gasteiger partial charge is 0.137 e. The van der Waals surface area contributed by atoms with Gasteiger partial charge in [-0.1, -0.05) is 23.7 Å². The number of nitrogens with one attached hydrogen (secondary N) is 1. The lowest BCUT2D eigenvalue weighted by Crippen LogP contribution is -2.11. The predicted octanol–water partition coefficient (Wildman–Crippen LogP) is 2.00. The molecule has 0 fully saturated rings. The summed E-state index contributed by atoms with van der Waals surface area (Å²) in [5, 5.41) is 0.620. The molecule has 1 aromatic rings. The van der Waals surface area contributed by atoms with Crippen molar-refractivity contribution in [1.82, 2.24) is 5.48 Å². The maximum atomic E-state index is 6.02. The molecule has 0 aliphatic heterocycles. The molecule has 1 rings (SSSR count). The molecular formula is C9H12ClNO2. The van der Waals surface area contributed by atoms with Gasteiger partial charge in [-0.05, 0) is 11.6 Å². The minimum absolute atomic E-state index is 0.562. The Bertz CT molecular complexity index is 278. The van der Waals surface area contributed by atoms with E-state index in [4.69, 9.17) is 21.2 Å². The first kappa shape index (κ1) is 10.3. The summed E-state index contributed by atoms with van der Waals surface area (Å²) >= 11 is 6.02. The zero-order valence-electron chi connectivity index (χ0n) is 7.63. The van der Waals surface area contributed by atoms with Gasteiger partial charge in [0.1, 0.15) is 5.75 Å². The van der Waals surface area contributed by atoms with Crippen LogP contribution in [0.3, 0.4) is 0 Å². The summed E-state index contributed by atoms with van der Waals surface area (Å²) in [5.74, 6) is 0.678. The van der Waals surface area contributed by atoms with Crippen LogP contribution in [-0.4, -0.2) is 14.2 Å². The van der Waals surface area contributed by atoms with E-state index in [1.54, 1.807) is 14.2 Å². The van der Waals surface area contributed by atoms with Gasteiger partial charge in [0.05, 0.1) is 19.2 Å². The Hall–Kier alpha value is -0.770. The normalized spacial score (nSPS) is 10.1. The first-order chi connectivity index (χ1) is 6.29. The molecule has 0 aliphatic rings. The van der Waals surface area contributed by atoms with Crippen LogP contribution in [0, 0.1) is 0 Å². The summed E-state index contributed by atoms with van der Waals surface area (Å²) in [6.45, 7) is 0.562. The molecule has 0 aliphatic carbocycles. The fourth-order valence-electron chi connectivity index (χ4n) is 1.00. The fourth-order valence-corrected chi connectivity index (χ4v) is 1.27. The van der Waals surface area contributed by atoms with Crippen LogP contribution in [0.1, 0.15) is 5.56 Å². The number of ether oxygens (including phenoxy) is 1. The summed E-state index contributed by atoms with van der Waals surface area (Å²) in [6, 6.07) is 5.62. The zero-order valence-corrected chi connectivity index (χ0v) is 8.39. The van der Waals surface area contributed by atoms with Gasteiger partial charge in [-0.15, -0.1) is 0 Å². The van der Waals surface area contributed by atoms with Crippen molar-refractivity contribution in [2.24, 2.45) is 0 Å². The molecule has 72 valence electrons. The quantitative estimate of drug-likeness (QED) is 0.756. The monoisotopic (exact) mass is 201 g/mol. The summed E-state index contributed by atoms with van der Waals surface area (Å²) in [7, 11) is 3.16. The number of methoxy groups -OCH3 is 1. The van der Waals surface area contributed by atoms with Gasteiger partial charge in [-0.25, -0.2) is 0 Å². The average Bonchev–Trinajstić information content (AvgIpc) is 2.16. The van der Waals surface area contributed by atoms with Crippen molar-refractivity contribution in [3.8, 4) is 5.75 Å². The number of hydrogen-bond donors (Lipinski definition) is 1. The van der Waals surface area contributed by atoms with Gasteiger partial charge in [-0.3, -0.25) is 0 Å². The molecule has 0 saturated carbocycles. The average molecular weight is 202 g/mol. The van der Waals surface area contributed by atoms with Crippen LogP contribution in [-0.2, 0) is 11.4 Å². The number of hydroxylamine groups is 1. The predicted molar refractivity (Wildman–Crippen MR) is 51.9 cm³/mol. The molecule has 4 heteroatoms. The zero-order chi connectivity index (χ0) is 9.68. The Morgan fingerprint density at radius 3 is 2.77 bits per heavy atom. The maximum Gasteiger partial charge on any atom is 0.137 e. The summed E-state index contributed by atoms with van der Waals surface area (Å²) < 4.78 is 5.07. The maximum absolute atomic E-state index is 6.02. The van der Waals surface area contributed by atoms with Gasteiger partial charge in [0.15, 0.2) is 0 Å². The summed E-state index contributed by atoms with van der Waals surface area (Å²) in [4.78, 5) is 4.72. The Morgan fingerprint density at radius 1 is 1.38 bits per heavy atom. The second kappa shape index (κ2) is 5.07. The van der Waals surface area contributed by atoms with Crippen LogP contribution >= 0.6 is 11.6 Å². The van der Waals surface area contributed by atoms with Crippen LogP contribution in [0.4, 0.5) is 0 Å². The highest BCUT2D eigenvalue weighted by Gasteiger charge is 2.04. The van der Waals surface area contributed by atoms with Gasteiger partial charge < -0.3 is 9.57 Å². The van der Waals surface area contributed by atoms with Gasteiger partial charge in [-0.2, -0.15) is 5.48 Å². The number of halogens is 1. The molecule has 3 nitrogen and oxygen atoms in total. The van der Waals surface area contributed by atoms with E-state index >= 15 is 0 Å². The standard InChI is InChI=1S/C9H12ClNO2/c1-12-8-5-3-4-7(9(8)10)6-11-13-2/h3-5,11H,6H2,1-2H3. The second-order valence-corrected chi connectivity index (χ2v) is 2.84. The number of rotatable bonds is 4. The topological polar surface area (TPSA) is 30.5 Å². The lowest BCUT2D eigenvalue weighted by Gasteiger charge is -2.08. The summed E-state index contributed by atoms with van der Waals surface area (Å²) in [6.07, 6.45) is 0. The summed E-state index contributed by atoms with van der Waals surface area (Å²) in [5.41, 5.74) is 3.66. The molecule has 0 atom stereocenters. The van der Waals surface area contributed by atoms with E-state index in [-0.39, 0.29) is 0 Å². The van der Waals surface area contributed by atoms with Gasteiger partial charge in [0, 0.05) is 6.54 Å². The van der Waals surface area contributed by atoms with Crippen LogP contribution < -0.4 is 10.2 Å². The Kier molecular flexibility index (Phi) is 4.02. The van der Waals surface area contributed by atoms with Crippen LogP contribution in [0.25, 0.3) is 0 Å². The molecule has 1 aromatic carbocycles. The molecular weight excluding hydrogens is 190 g/mol. The third-order valence-corrected chi connectivity index (χ3v) is 2.10. The lowest BCUT2D eigenvalue weighted by atomic mass is 10.2. The molecule has 0 bridgehead atoms. The second-order valence-electron chi connectivity index (χ2n) is 2.46. The van der Waals surface area contributed by atoms with E-state index in [1.807, 2.05) is 18.2 Å². The molecule has 0 aromatic heterocycles. The van der Waals surface area contributed by atoms with Gasteiger partial charge in [0.25, 0.3) is 0 Å². The lowest BCUT2D eigenvalue weighted by molar-refractivity contribution is 0.0867. The molecule has 0 heterocycles. The van der Waals surface area contributed by atoms with E-state index in [1.165, 1.54) is 0 Å². The Balaban J connectivity index is 2.81. The van der Waals surface area contributed by atoms with Crippen molar-refractivity contribution >= 4 is 11.6 Å². The van der Waals surface area contributed by atoms with E-state index < -0.39 is 0 Å². The molecule has 0 spiro atoms. The first-order valence-electron chi connectivity index (χ1n) is 3.86. The van der Waals surface area contributed by atoms with Crippen molar-refractivity contribution in [3.05, 3.63) is 28.8 Å². The van der Waals surface area contributed by atoms with Crippen molar-refractivity contribution in [2.75, 3.05) is 14.2 Å². The minimum atomic E-state index is 0.562. The molecule has 0 amide bonds. The van der Waals surface area contributed by atoms with Crippen molar-refractivity contribution < 1.29 is 9.57 Å². The minimum Gasteiger partial charge on any atom is -0.495 e. The molecule has 13 heavy (non-hydrogen) atoms. The van der Waals surface area contributed by atoms with Crippen LogP contribution in [0.15, 0.2) is 18.2 Å². The highest BCUT2D eigenvalue weighted by atomic mass is 35.5. The first-order valence-corrected chi connectivity index (χ1v) is 4.24. The van der Waals surface area contributed by atoms with Crippen molar-refractivity contribution in [3.63, 3.8) is 0 Å². The third-order valence-electron chi connectivity index (χ3n) is 1.67. The molecule has 0 saturated heterocycles. The Labute approximate surface area is 82.6 Å². The molecule has 0 unspecified atom stereocenters. The highest BCUT2D eigenvalue weighted by Crippen LogP contribution is 2.27. The number of benzene rings is 1. The van der Waals surface area contributed by atoms with E-state index in [9.17, 15) is 0 Å². The van der Waals surface area contributed by atoms with Crippen molar-refractivity contribution in [1.29, 1.82) is 0 Å². The van der Waals surface area contributed by atoms with Gasteiger partial charge in [0.2, 0.25) is 0 Å². The SMILES string of the molecule is CONCc1cccc(OC)c1Cl. The Morgan fingerprint density at radius 2 is 2.15 bits per heavy atom.